The summed E-state index contributed by atoms with van der Waals surface area (Å²) in [5.74, 6) is 0. The smallest absolute Gasteiger partial charge is 0.137 e. The Labute approximate surface area is 82.4 Å². The van der Waals surface area contributed by atoms with Crippen molar-refractivity contribution in [2.45, 2.75) is 13.8 Å². The number of halogens is 1. The van der Waals surface area contributed by atoms with Crippen LogP contribution in [0, 0.1) is 13.8 Å². The minimum Gasteiger partial charge on any atom is -0.241 e. The van der Waals surface area contributed by atoms with Crippen LogP contribution < -0.4 is 0 Å². The molecule has 66 valence electrons. The van der Waals surface area contributed by atoms with E-state index < -0.39 is 0 Å². The zero-order valence-electron chi connectivity index (χ0n) is 7.63. The molecule has 0 saturated heterocycles. The van der Waals surface area contributed by atoms with Gasteiger partial charge in [-0.25, -0.2) is 4.98 Å². The Balaban J connectivity index is 2.94. The van der Waals surface area contributed by atoms with Crippen molar-refractivity contribution in [2.24, 2.45) is 0 Å². The Morgan fingerprint density at radius 1 is 1.15 bits per heavy atom. The van der Waals surface area contributed by atoms with Crippen molar-refractivity contribution in [3.63, 3.8) is 0 Å². The minimum atomic E-state index is 0.596. The van der Waals surface area contributed by atoms with E-state index in [9.17, 15) is 0 Å². The predicted molar refractivity (Wildman–Crippen MR) is 56.2 cm³/mol. The first-order chi connectivity index (χ1) is 6.18. The summed E-state index contributed by atoms with van der Waals surface area (Å²) < 4.78 is 0. The summed E-state index contributed by atoms with van der Waals surface area (Å²) in [7, 11) is 0. The molecule has 0 fully saturated rings. The average molecular weight is 192 g/mol. The third-order valence-corrected chi connectivity index (χ3v) is 2.46. The number of aryl methyl sites for hydroxylation is 2. The lowest BCUT2D eigenvalue weighted by Gasteiger charge is -2.04. The van der Waals surface area contributed by atoms with Crippen LogP contribution in [0.3, 0.4) is 0 Å². The molecule has 0 unspecified atom stereocenters. The number of pyridine rings is 1. The fourth-order valence-electron chi connectivity index (χ4n) is 1.51. The standard InChI is InChI=1S/C11H10ClN/c1-7-4-3-5-9-10(7)6-8(2)13-11(9)12/h3-6H,1-2H3. The second kappa shape index (κ2) is 3.00. The molecule has 1 nitrogen and oxygen atoms in total. The molecule has 2 rings (SSSR count). The van der Waals surface area contributed by atoms with Gasteiger partial charge >= 0.3 is 0 Å². The zero-order valence-corrected chi connectivity index (χ0v) is 8.39. The summed E-state index contributed by atoms with van der Waals surface area (Å²) in [5.41, 5.74) is 2.21. The van der Waals surface area contributed by atoms with Crippen LogP contribution in [0.15, 0.2) is 24.3 Å². The highest BCUT2D eigenvalue weighted by molar-refractivity contribution is 6.34. The highest BCUT2D eigenvalue weighted by Gasteiger charge is 2.02. The highest BCUT2D eigenvalue weighted by atomic mass is 35.5. The first kappa shape index (κ1) is 8.52. The highest BCUT2D eigenvalue weighted by Crippen LogP contribution is 2.24. The van der Waals surface area contributed by atoms with Gasteiger partial charge in [0, 0.05) is 11.1 Å². The van der Waals surface area contributed by atoms with Gasteiger partial charge in [0.05, 0.1) is 0 Å². The maximum atomic E-state index is 6.02. The monoisotopic (exact) mass is 191 g/mol. The number of nitrogens with zero attached hydrogens (tertiary/aromatic N) is 1. The third-order valence-electron chi connectivity index (χ3n) is 2.17. The first-order valence-corrected chi connectivity index (χ1v) is 4.59. The van der Waals surface area contributed by atoms with Crippen molar-refractivity contribution in [2.75, 3.05) is 0 Å². The van der Waals surface area contributed by atoms with Crippen LogP contribution in [0.5, 0.6) is 0 Å². The molecule has 2 heteroatoms. The fraction of sp³-hybridized carbons (Fsp3) is 0.182. The van der Waals surface area contributed by atoms with Crippen molar-refractivity contribution in [3.8, 4) is 0 Å². The van der Waals surface area contributed by atoms with Gasteiger partial charge in [0.25, 0.3) is 0 Å². The van der Waals surface area contributed by atoms with Crippen LogP contribution in [-0.2, 0) is 0 Å². The topological polar surface area (TPSA) is 12.9 Å². The molecule has 0 aliphatic heterocycles. The number of rotatable bonds is 0. The van der Waals surface area contributed by atoms with Crippen LogP contribution in [0.4, 0.5) is 0 Å². The van der Waals surface area contributed by atoms with Crippen molar-refractivity contribution < 1.29 is 0 Å². The predicted octanol–water partition coefficient (Wildman–Crippen LogP) is 3.51. The van der Waals surface area contributed by atoms with E-state index >= 15 is 0 Å². The lowest BCUT2D eigenvalue weighted by atomic mass is 10.1. The second-order valence-electron chi connectivity index (χ2n) is 3.22. The third kappa shape index (κ3) is 1.40. The van der Waals surface area contributed by atoms with E-state index in [4.69, 9.17) is 11.6 Å². The molecular formula is C11H10ClN. The molecule has 1 aromatic heterocycles. The van der Waals surface area contributed by atoms with Gasteiger partial charge in [0.2, 0.25) is 0 Å². The molecule has 0 aliphatic rings. The summed E-state index contributed by atoms with van der Waals surface area (Å²) in [6, 6.07) is 8.15. The number of hydrogen-bond acceptors (Lipinski definition) is 1. The SMILES string of the molecule is Cc1cc2c(C)cccc2c(Cl)n1. The molecule has 0 N–H and O–H groups in total. The van der Waals surface area contributed by atoms with E-state index in [0.29, 0.717) is 5.15 Å². The molecule has 0 bridgehead atoms. The quantitative estimate of drug-likeness (QED) is 0.581. The fourth-order valence-corrected chi connectivity index (χ4v) is 1.81. The summed E-state index contributed by atoms with van der Waals surface area (Å²) in [5, 5.41) is 2.82. The van der Waals surface area contributed by atoms with E-state index in [1.54, 1.807) is 0 Å². The Hall–Kier alpha value is -1.08. The Bertz CT molecular complexity index is 463. The largest absolute Gasteiger partial charge is 0.241 e. The van der Waals surface area contributed by atoms with E-state index in [2.05, 4.69) is 24.0 Å². The maximum absolute atomic E-state index is 6.02. The minimum absolute atomic E-state index is 0.596. The van der Waals surface area contributed by atoms with Gasteiger partial charge in [-0.2, -0.15) is 0 Å². The lowest BCUT2D eigenvalue weighted by molar-refractivity contribution is 1.22. The van der Waals surface area contributed by atoms with Crippen molar-refractivity contribution >= 4 is 22.4 Å². The van der Waals surface area contributed by atoms with Gasteiger partial charge in [-0.3, -0.25) is 0 Å². The Morgan fingerprint density at radius 2 is 1.92 bits per heavy atom. The summed E-state index contributed by atoms with van der Waals surface area (Å²) in [6.07, 6.45) is 0. The number of benzene rings is 1. The zero-order chi connectivity index (χ0) is 9.42. The molecule has 0 saturated carbocycles. The Morgan fingerprint density at radius 3 is 2.69 bits per heavy atom. The van der Waals surface area contributed by atoms with Gasteiger partial charge in [-0.05, 0) is 30.9 Å². The van der Waals surface area contributed by atoms with Crippen LogP contribution in [0.25, 0.3) is 10.8 Å². The van der Waals surface area contributed by atoms with Gasteiger partial charge < -0.3 is 0 Å². The number of aromatic nitrogens is 1. The maximum Gasteiger partial charge on any atom is 0.137 e. The van der Waals surface area contributed by atoms with Gasteiger partial charge in [-0.15, -0.1) is 0 Å². The van der Waals surface area contributed by atoms with Crippen molar-refractivity contribution in [1.29, 1.82) is 0 Å². The summed E-state index contributed by atoms with van der Waals surface area (Å²) in [6.45, 7) is 4.04. The number of fused-ring (bicyclic) bond motifs is 1. The summed E-state index contributed by atoms with van der Waals surface area (Å²) >= 11 is 6.02. The van der Waals surface area contributed by atoms with Crippen molar-refractivity contribution in [3.05, 3.63) is 40.7 Å². The molecular weight excluding hydrogens is 182 g/mol. The summed E-state index contributed by atoms with van der Waals surface area (Å²) in [4.78, 5) is 4.21. The van der Waals surface area contributed by atoms with Crippen LogP contribution >= 0.6 is 11.6 Å². The molecule has 0 atom stereocenters. The van der Waals surface area contributed by atoms with Crippen LogP contribution in [-0.4, -0.2) is 4.98 Å². The first-order valence-electron chi connectivity index (χ1n) is 4.21. The number of hydrogen-bond donors (Lipinski definition) is 0. The Kier molecular flexibility index (Phi) is 1.97. The normalized spacial score (nSPS) is 10.7. The van der Waals surface area contributed by atoms with Gasteiger partial charge in [0.15, 0.2) is 0 Å². The van der Waals surface area contributed by atoms with E-state index in [-0.39, 0.29) is 0 Å². The molecule has 2 aromatic rings. The molecule has 0 amide bonds. The molecule has 0 spiro atoms. The van der Waals surface area contributed by atoms with Crippen molar-refractivity contribution in [1.82, 2.24) is 4.98 Å². The molecule has 0 radical (unpaired) electrons. The molecule has 1 heterocycles. The molecule has 13 heavy (non-hydrogen) atoms. The second-order valence-corrected chi connectivity index (χ2v) is 3.58. The average Bonchev–Trinajstić information content (AvgIpc) is 2.07. The van der Waals surface area contributed by atoms with Crippen LogP contribution in [0.2, 0.25) is 5.15 Å². The van der Waals surface area contributed by atoms with E-state index in [0.717, 1.165) is 11.1 Å². The lowest BCUT2D eigenvalue weighted by Crippen LogP contribution is -1.86. The van der Waals surface area contributed by atoms with Gasteiger partial charge in [-0.1, -0.05) is 29.8 Å². The van der Waals surface area contributed by atoms with Crippen LogP contribution in [0.1, 0.15) is 11.3 Å². The van der Waals surface area contributed by atoms with E-state index in [1.807, 2.05) is 19.1 Å². The van der Waals surface area contributed by atoms with E-state index in [1.165, 1.54) is 10.9 Å². The molecule has 1 aromatic carbocycles. The van der Waals surface area contributed by atoms with Gasteiger partial charge in [0.1, 0.15) is 5.15 Å². The molecule has 0 aliphatic carbocycles.